The van der Waals surface area contributed by atoms with E-state index in [2.05, 4.69) is 49.8 Å². The molecule has 0 aliphatic heterocycles. The highest BCUT2D eigenvalue weighted by atomic mass is 19.4. The van der Waals surface area contributed by atoms with E-state index in [4.69, 9.17) is 0 Å². The van der Waals surface area contributed by atoms with Crippen molar-refractivity contribution in [1.82, 2.24) is 4.90 Å². The Kier molecular flexibility index (Phi) is 6.79. The van der Waals surface area contributed by atoms with Gasteiger partial charge in [-0.15, -0.1) is 13.2 Å². The first-order valence-electron chi connectivity index (χ1n) is 11.9. The van der Waals surface area contributed by atoms with Crippen molar-refractivity contribution in [1.29, 1.82) is 0 Å². The number of halogens is 3. The van der Waals surface area contributed by atoms with Crippen molar-refractivity contribution >= 4 is 12.0 Å². The SMILES string of the molecule is CC(C)(C)C1CCC(N(C(=O)Cc2ccc(OC(F)(F)F)cc2)C2C=Cc3ccccc32)CC1. The van der Waals surface area contributed by atoms with E-state index in [1.165, 1.54) is 24.3 Å². The molecular formula is C28H32F3NO2. The van der Waals surface area contributed by atoms with Gasteiger partial charge >= 0.3 is 6.36 Å². The van der Waals surface area contributed by atoms with Crippen molar-refractivity contribution in [3.05, 3.63) is 71.3 Å². The van der Waals surface area contributed by atoms with Crippen molar-refractivity contribution in [3.63, 3.8) is 0 Å². The molecule has 1 amide bonds. The van der Waals surface area contributed by atoms with Gasteiger partial charge in [0.2, 0.25) is 5.91 Å². The smallest absolute Gasteiger partial charge is 0.406 e. The van der Waals surface area contributed by atoms with Gasteiger partial charge in [0, 0.05) is 6.04 Å². The quantitative estimate of drug-likeness (QED) is 0.457. The largest absolute Gasteiger partial charge is 0.573 e. The zero-order chi connectivity index (χ0) is 24.5. The van der Waals surface area contributed by atoms with Crippen LogP contribution in [-0.2, 0) is 11.2 Å². The average molecular weight is 472 g/mol. The molecule has 1 fully saturated rings. The van der Waals surface area contributed by atoms with Gasteiger partial charge in [-0.2, -0.15) is 0 Å². The minimum Gasteiger partial charge on any atom is -0.406 e. The summed E-state index contributed by atoms with van der Waals surface area (Å²) in [5.41, 5.74) is 3.17. The van der Waals surface area contributed by atoms with E-state index in [0.717, 1.165) is 36.8 Å². The molecule has 0 radical (unpaired) electrons. The van der Waals surface area contributed by atoms with Crippen LogP contribution in [0, 0.1) is 11.3 Å². The van der Waals surface area contributed by atoms with Gasteiger partial charge in [-0.1, -0.05) is 69.3 Å². The number of fused-ring (bicyclic) bond motifs is 1. The number of carbonyl (C=O) groups excluding carboxylic acids is 1. The van der Waals surface area contributed by atoms with Crippen LogP contribution in [0.25, 0.3) is 6.08 Å². The van der Waals surface area contributed by atoms with E-state index in [0.29, 0.717) is 11.5 Å². The second-order valence-electron chi connectivity index (χ2n) is 10.5. The lowest BCUT2D eigenvalue weighted by molar-refractivity contribution is -0.274. The zero-order valence-electron chi connectivity index (χ0n) is 19.9. The van der Waals surface area contributed by atoms with Crippen molar-refractivity contribution in [3.8, 4) is 5.75 Å². The van der Waals surface area contributed by atoms with Gasteiger partial charge in [-0.05, 0) is 65.8 Å². The highest BCUT2D eigenvalue weighted by molar-refractivity contribution is 5.81. The standard InChI is InChI=1S/C28H32F3NO2/c1-27(2,3)21-11-13-22(14-12-21)32(25-17-10-20-6-4-5-7-24(20)25)26(33)18-19-8-15-23(16-9-19)34-28(29,30)31/h4-10,15-17,21-22,25H,11-14,18H2,1-3H3. The maximum absolute atomic E-state index is 13.7. The van der Waals surface area contributed by atoms with Crippen molar-refractivity contribution in [2.24, 2.45) is 11.3 Å². The minimum absolute atomic E-state index is 0.00458. The summed E-state index contributed by atoms with van der Waals surface area (Å²) >= 11 is 0. The van der Waals surface area contributed by atoms with Gasteiger partial charge < -0.3 is 9.64 Å². The number of ether oxygens (including phenoxy) is 1. The van der Waals surface area contributed by atoms with E-state index < -0.39 is 6.36 Å². The number of amides is 1. The Labute approximate surface area is 199 Å². The van der Waals surface area contributed by atoms with Gasteiger partial charge in [-0.25, -0.2) is 0 Å². The Bertz CT molecular complexity index is 1030. The summed E-state index contributed by atoms with van der Waals surface area (Å²) < 4.78 is 41.4. The van der Waals surface area contributed by atoms with Crippen LogP contribution < -0.4 is 4.74 Å². The highest BCUT2D eigenvalue weighted by Crippen LogP contribution is 2.42. The maximum Gasteiger partial charge on any atom is 0.573 e. The second kappa shape index (κ2) is 9.47. The summed E-state index contributed by atoms with van der Waals surface area (Å²) in [6, 6.07) is 13.7. The Balaban J connectivity index is 1.54. The van der Waals surface area contributed by atoms with E-state index >= 15 is 0 Å². The monoisotopic (exact) mass is 471 g/mol. The molecule has 6 heteroatoms. The Morgan fingerprint density at radius 1 is 0.971 bits per heavy atom. The number of rotatable bonds is 5. The predicted molar refractivity (Wildman–Crippen MR) is 127 cm³/mol. The lowest BCUT2D eigenvalue weighted by Gasteiger charge is -2.43. The molecule has 1 atom stereocenters. The number of hydrogen-bond acceptors (Lipinski definition) is 2. The van der Waals surface area contributed by atoms with Crippen LogP contribution in [0.1, 0.15) is 69.2 Å². The molecule has 0 heterocycles. The fourth-order valence-electron chi connectivity index (χ4n) is 5.35. The topological polar surface area (TPSA) is 29.5 Å². The molecule has 2 aliphatic carbocycles. The molecule has 0 N–H and O–H groups in total. The van der Waals surface area contributed by atoms with Crippen molar-refractivity contribution < 1.29 is 22.7 Å². The third-order valence-electron chi connectivity index (χ3n) is 7.19. The van der Waals surface area contributed by atoms with Gasteiger partial charge in [0.25, 0.3) is 0 Å². The van der Waals surface area contributed by atoms with Gasteiger partial charge in [0.1, 0.15) is 5.75 Å². The normalized spacial score (nSPS) is 22.4. The first-order valence-corrected chi connectivity index (χ1v) is 11.9. The number of benzene rings is 2. The molecule has 1 unspecified atom stereocenters. The second-order valence-corrected chi connectivity index (χ2v) is 10.5. The molecule has 0 spiro atoms. The molecule has 0 aromatic heterocycles. The van der Waals surface area contributed by atoms with Gasteiger partial charge in [0.05, 0.1) is 12.5 Å². The fourth-order valence-corrected chi connectivity index (χ4v) is 5.35. The van der Waals surface area contributed by atoms with E-state index in [1.807, 2.05) is 17.0 Å². The van der Waals surface area contributed by atoms with E-state index in [1.54, 1.807) is 0 Å². The first-order chi connectivity index (χ1) is 16.0. The Hall–Kier alpha value is -2.76. The summed E-state index contributed by atoms with van der Waals surface area (Å²) in [4.78, 5) is 15.7. The van der Waals surface area contributed by atoms with Crippen LogP contribution in [-0.4, -0.2) is 23.2 Å². The van der Waals surface area contributed by atoms with E-state index in [9.17, 15) is 18.0 Å². The van der Waals surface area contributed by atoms with Crippen LogP contribution in [0.2, 0.25) is 0 Å². The summed E-state index contributed by atoms with van der Waals surface area (Å²) in [6.07, 6.45) is 3.65. The fraction of sp³-hybridized carbons (Fsp3) is 0.464. The van der Waals surface area contributed by atoms with Crippen LogP contribution in [0.15, 0.2) is 54.6 Å². The molecule has 3 nitrogen and oxygen atoms in total. The van der Waals surface area contributed by atoms with Crippen molar-refractivity contribution in [2.45, 2.75) is 71.3 Å². The van der Waals surface area contributed by atoms with E-state index in [-0.39, 0.29) is 35.6 Å². The molecule has 0 saturated heterocycles. The summed E-state index contributed by atoms with van der Waals surface area (Å²) in [6.45, 7) is 6.84. The molecule has 4 rings (SSSR count). The molecule has 2 aromatic rings. The minimum atomic E-state index is -4.73. The number of hydrogen-bond donors (Lipinski definition) is 0. The number of alkyl halides is 3. The highest BCUT2D eigenvalue weighted by Gasteiger charge is 2.37. The molecule has 34 heavy (non-hydrogen) atoms. The van der Waals surface area contributed by atoms with Gasteiger partial charge in [0.15, 0.2) is 0 Å². The van der Waals surface area contributed by atoms with Crippen LogP contribution >= 0.6 is 0 Å². The van der Waals surface area contributed by atoms with Crippen molar-refractivity contribution in [2.75, 3.05) is 0 Å². The molecule has 1 saturated carbocycles. The zero-order valence-corrected chi connectivity index (χ0v) is 19.9. The summed E-state index contributed by atoms with van der Waals surface area (Å²) in [5, 5.41) is 0. The third-order valence-corrected chi connectivity index (χ3v) is 7.19. The Morgan fingerprint density at radius 2 is 1.62 bits per heavy atom. The lowest BCUT2D eigenvalue weighted by atomic mass is 9.71. The van der Waals surface area contributed by atoms with Crippen LogP contribution in [0.4, 0.5) is 13.2 Å². The summed E-state index contributed by atoms with van der Waals surface area (Å²) in [7, 11) is 0. The molecule has 0 bridgehead atoms. The molecule has 2 aliphatic rings. The van der Waals surface area contributed by atoms with Gasteiger partial charge in [-0.3, -0.25) is 4.79 Å². The molecular weight excluding hydrogens is 439 g/mol. The number of nitrogens with zero attached hydrogens (tertiary/aromatic N) is 1. The lowest BCUT2D eigenvalue weighted by Crippen LogP contribution is -2.45. The molecule has 2 aromatic carbocycles. The average Bonchev–Trinajstić information content (AvgIpc) is 3.18. The predicted octanol–water partition coefficient (Wildman–Crippen LogP) is 7.33. The third kappa shape index (κ3) is 5.65. The first kappa shape index (κ1) is 24.4. The Morgan fingerprint density at radius 3 is 2.24 bits per heavy atom. The molecule has 182 valence electrons. The summed E-state index contributed by atoms with van der Waals surface area (Å²) in [5.74, 6) is 0.344. The number of carbonyl (C=O) groups is 1. The van der Waals surface area contributed by atoms with Crippen LogP contribution in [0.5, 0.6) is 5.75 Å². The van der Waals surface area contributed by atoms with Crippen LogP contribution in [0.3, 0.4) is 0 Å². The maximum atomic E-state index is 13.7.